The van der Waals surface area contributed by atoms with Crippen LogP contribution in [0, 0.1) is 6.92 Å². The molecule has 140 valence electrons. The molecule has 3 rings (SSSR count). The van der Waals surface area contributed by atoms with Crippen molar-refractivity contribution in [3.8, 4) is 11.4 Å². The minimum Gasteiger partial charge on any atom is -0.406 e. The van der Waals surface area contributed by atoms with Crippen LogP contribution in [-0.2, 0) is 0 Å². The molecule has 27 heavy (non-hydrogen) atoms. The normalized spacial score (nSPS) is 11.3. The van der Waals surface area contributed by atoms with Crippen LogP contribution in [0.2, 0.25) is 5.02 Å². The molecule has 0 atom stereocenters. The molecule has 0 radical (unpaired) electrons. The van der Waals surface area contributed by atoms with E-state index in [4.69, 9.17) is 11.6 Å². The second-order valence-electron chi connectivity index (χ2n) is 5.40. The van der Waals surface area contributed by atoms with Crippen molar-refractivity contribution < 1.29 is 22.7 Å². The third kappa shape index (κ3) is 4.76. The predicted octanol–water partition coefficient (Wildman–Crippen LogP) is 4.38. The molecule has 3 aromatic rings. The van der Waals surface area contributed by atoms with Crippen molar-refractivity contribution in [3.63, 3.8) is 0 Å². The lowest BCUT2D eigenvalue weighted by Crippen LogP contribution is -2.17. The van der Waals surface area contributed by atoms with Gasteiger partial charge in [0.1, 0.15) is 11.6 Å². The van der Waals surface area contributed by atoms with Gasteiger partial charge in [0, 0.05) is 10.7 Å². The zero-order valence-corrected chi connectivity index (χ0v) is 14.5. The molecule has 0 aliphatic rings. The first-order valence-electron chi connectivity index (χ1n) is 7.58. The summed E-state index contributed by atoms with van der Waals surface area (Å²) in [5, 5.41) is 7.17. The highest BCUT2D eigenvalue weighted by atomic mass is 35.5. The van der Waals surface area contributed by atoms with E-state index in [0.717, 1.165) is 12.1 Å². The largest absolute Gasteiger partial charge is 0.573 e. The molecule has 6 nitrogen and oxygen atoms in total. The fraction of sp³-hybridized carbons (Fsp3) is 0.118. The SMILES string of the molecule is Cc1nc(C(=O)Nc2ccc(OC(F)(F)F)cc2)nn1-c1cccc(Cl)c1. The molecule has 0 saturated heterocycles. The van der Waals surface area contributed by atoms with Crippen LogP contribution < -0.4 is 10.1 Å². The Balaban J connectivity index is 1.74. The summed E-state index contributed by atoms with van der Waals surface area (Å²) in [6, 6.07) is 11.6. The van der Waals surface area contributed by atoms with E-state index in [1.54, 1.807) is 31.2 Å². The molecule has 1 N–H and O–H groups in total. The molecule has 1 amide bonds. The van der Waals surface area contributed by atoms with Gasteiger partial charge in [0.05, 0.1) is 5.69 Å². The summed E-state index contributed by atoms with van der Waals surface area (Å²) in [5.41, 5.74) is 0.909. The Labute approximate surface area is 156 Å². The first kappa shape index (κ1) is 18.7. The second kappa shape index (κ2) is 7.28. The summed E-state index contributed by atoms with van der Waals surface area (Å²) in [5.74, 6) is -0.623. The zero-order valence-electron chi connectivity index (χ0n) is 13.8. The Hall–Kier alpha value is -3.07. The summed E-state index contributed by atoms with van der Waals surface area (Å²) in [7, 11) is 0. The Morgan fingerprint density at radius 3 is 2.52 bits per heavy atom. The van der Waals surface area contributed by atoms with Crippen molar-refractivity contribution in [2.24, 2.45) is 0 Å². The molecule has 0 fully saturated rings. The number of hydrogen-bond acceptors (Lipinski definition) is 4. The van der Waals surface area contributed by atoms with Gasteiger partial charge in [-0.25, -0.2) is 9.67 Å². The minimum atomic E-state index is -4.78. The smallest absolute Gasteiger partial charge is 0.406 e. The van der Waals surface area contributed by atoms with Crippen molar-refractivity contribution in [1.82, 2.24) is 14.8 Å². The second-order valence-corrected chi connectivity index (χ2v) is 5.84. The van der Waals surface area contributed by atoms with Crippen LogP contribution >= 0.6 is 11.6 Å². The monoisotopic (exact) mass is 396 g/mol. The summed E-state index contributed by atoms with van der Waals surface area (Å²) >= 11 is 5.96. The number of carbonyl (C=O) groups excluding carboxylic acids is 1. The third-order valence-electron chi connectivity index (χ3n) is 3.37. The Morgan fingerprint density at radius 2 is 1.89 bits per heavy atom. The maximum Gasteiger partial charge on any atom is 0.573 e. The van der Waals surface area contributed by atoms with Gasteiger partial charge in [-0.15, -0.1) is 18.3 Å². The Bertz CT molecular complexity index is 971. The first-order valence-corrected chi connectivity index (χ1v) is 7.96. The van der Waals surface area contributed by atoms with Gasteiger partial charge in [0.2, 0.25) is 5.82 Å². The van der Waals surface area contributed by atoms with Crippen LogP contribution in [0.1, 0.15) is 16.4 Å². The molecule has 0 spiro atoms. The van der Waals surface area contributed by atoms with E-state index in [0.29, 0.717) is 16.5 Å². The van der Waals surface area contributed by atoms with E-state index in [-0.39, 0.29) is 17.3 Å². The molecule has 0 aliphatic heterocycles. The number of ether oxygens (including phenoxy) is 1. The maximum atomic E-state index is 12.3. The van der Waals surface area contributed by atoms with Gasteiger partial charge >= 0.3 is 6.36 Å². The van der Waals surface area contributed by atoms with Crippen molar-refractivity contribution in [3.05, 3.63) is 65.2 Å². The number of amides is 1. The highest BCUT2D eigenvalue weighted by Crippen LogP contribution is 2.24. The number of rotatable bonds is 4. The van der Waals surface area contributed by atoms with Crippen LogP contribution in [0.3, 0.4) is 0 Å². The van der Waals surface area contributed by atoms with Crippen molar-refractivity contribution in [2.45, 2.75) is 13.3 Å². The molecule has 1 heterocycles. The van der Waals surface area contributed by atoms with Crippen LogP contribution in [0.5, 0.6) is 5.75 Å². The van der Waals surface area contributed by atoms with E-state index in [1.807, 2.05) is 0 Å². The number of anilines is 1. The van der Waals surface area contributed by atoms with Crippen LogP contribution in [0.25, 0.3) is 5.69 Å². The van der Waals surface area contributed by atoms with Crippen molar-refractivity contribution in [2.75, 3.05) is 5.32 Å². The quantitative estimate of drug-likeness (QED) is 0.710. The number of nitrogens with zero attached hydrogens (tertiary/aromatic N) is 3. The molecule has 10 heteroatoms. The lowest BCUT2D eigenvalue weighted by Gasteiger charge is -2.09. The molecule has 0 saturated carbocycles. The Kier molecular flexibility index (Phi) is 5.04. The van der Waals surface area contributed by atoms with E-state index in [9.17, 15) is 18.0 Å². The average Bonchev–Trinajstić information content (AvgIpc) is 2.97. The third-order valence-corrected chi connectivity index (χ3v) is 3.61. The van der Waals surface area contributed by atoms with E-state index in [2.05, 4.69) is 20.1 Å². The predicted molar refractivity (Wildman–Crippen MR) is 92.2 cm³/mol. The average molecular weight is 397 g/mol. The minimum absolute atomic E-state index is 0.0944. The van der Waals surface area contributed by atoms with E-state index in [1.165, 1.54) is 16.8 Å². The fourth-order valence-corrected chi connectivity index (χ4v) is 2.45. The number of aryl methyl sites for hydroxylation is 1. The summed E-state index contributed by atoms with van der Waals surface area (Å²) in [6.45, 7) is 1.67. The number of aromatic nitrogens is 3. The highest BCUT2D eigenvalue weighted by Gasteiger charge is 2.31. The number of nitrogens with one attached hydrogen (secondary N) is 1. The molecular formula is C17H12ClF3N4O2. The van der Waals surface area contributed by atoms with Gasteiger partial charge in [-0.3, -0.25) is 4.79 Å². The molecule has 0 aliphatic carbocycles. The van der Waals surface area contributed by atoms with Gasteiger partial charge in [0.15, 0.2) is 0 Å². The Morgan fingerprint density at radius 1 is 1.19 bits per heavy atom. The first-order chi connectivity index (χ1) is 12.7. The lowest BCUT2D eigenvalue weighted by atomic mass is 10.3. The van der Waals surface area contributed by atoms with Crippen LogP contribution in [0.15, 0.2) is 48.5 Å². The van der Waals surface area contributed by atoms with Crippen LogP contribution in [0.4, 0.5) is 18.9 Å². The fourth-order valence-electron chi connectivity index (χ4n) is 2.27. The molecule has 0 bridgehead atoms. The number of hydrogen-bond donors (Lipinski definition) is 1. The molecular weight excluding hydrogens is 385 g/mol. The standard InChI is InChI=1S/C17H12ClF3N4O2/c1-10-22-15(24-25(10)13-4-2-3-11(18)9-13)16(26)23-12-5-7-14(8-6-12)27-17(19,20)21/h2-9H,1H3,(H,23,26). The van der Waals surface area contributed by atoms with E-state index >= 15 is 0 Å². The van der Waals surface area contributed by atoms with E-state index < -0.39 is 12.3 Å². The highest BCUT2D eigenvalue weighted by molar-refractivity contribution is 6.30. The van der Waals surface area contributed by atoms with Crippen LogP contribution in [-0.4, -0.2) is 27.0 Å². The summed E-state index contributed by atoms with van der Waals surface area (Å²) in [6.07, 6.45) is -4.78. The number of carbonyl (C=O) groups is 1. The van der Waals surface area contributed by atoms with Gasteiger partial charge in [-0.1, -0.05) is 17.7 Å². The number of alkyl halides is 3. The lowest BCUT2D eigenvalue weighted by molar-refractivity contribution is -0.274. The zero-order chi connectivity index (χ0) is 19.6. The molecule has 1 aromatic heterocycles. The van der Waals surface area contributed by atoms with Gasteiger partial charge in [-0.2, -0.15) is 0 Å². The maximum absolute atomic E-state index is 12.3. The summed E-state index contributed by atoms with van der Waals surface area (Å²) in [4.78, 5) is 16.4. The number of benzene rings is 2. The summed E-state index contributed by atoms with van der Waals surface area (Å²) < 4.78 is 41.7. The van der Waals surface area contributed by atoms with Crippen molar-refractivity contribution in [1.29, 1.82) is 0 Å². The van der Waals surface area contributed by atoms with Crippen molar-refractivity contribution >= 4 is 23.2 Å². The van der Waals surface area contributed by atoms with Gasteiger partial charge < -0.3 is 10.1 Å². The number of halogens is 4. The van der Waals surface area contributed by atoms with Gasteiger partial charge in [-0.05, 0) is 49.4 Å². The topological polar surface area (TPSA) is 69.0 Å². The van der Waals surface area contributed by atoms with Gasteiger partial charge in [0.25, 0.3) is 5.91 Å². The molecule has 2 aromatic carbocycles. The molecule has 0 unspecified atom stereocenters.